The number of primary amides is 1. The van der Waals surface area contributed by atoms with Crippen molar-refractivity contribution in [3.63, 3.8) is 0 Å². The first kappa shape index (κ1) is 12.4. The molecule has 0 unspecified atom stereocenters. The van der Waals surface area contributed by atoms with Crippen molar-refractivity contribution in [1.82, 2.24) is 4.98 Å². The number of amides is 1. The first-order valence-electron chi connectivity index (χ1n) is 5.05. The van der Waals surface area contributed by atoms with Gasteiger partial charge < -0.3 is 16.2 Å². The topological polar surface area (TPSA) is 91.2 Å². The van der Waals surface area contributed by atoms with E-state index in [-0.39, 0.29) is 11.4 Å². The molecule has 18 heavy (non-hydrogen) atoms. The van der Waals surface area contributed by atoms with Gasteiger partial charge in [0, 0.05) is 22.4 Å². The average Bonchev–Trinajstić information content (AvgIpc) is 2.27. The van der Waals surface area contributed by atoms with E-state index in [1.807, 2.05) is 0 Å². The van der Waals surface area contributed by atoms with Crippen molar-refractivity contribution in [2.45, 2.75) is 0 Å². The Balaban J connectivity index is 2.37. The highest BCUT2D eigenvalue weighted by atomic mass is 79.9. The summed E-state index contributed by atoms with van der Waals surface area (Å²) in [6.07, 6.45) is 1.52. The number of anilines is 1. The number of nitrogens with two attached hydrogens (primary N) is 2. The fraction of sp³-hybridized carbons (Fsp3) is 0. The molecule has 0 aliphatic rings. The molecule has 0 radical (unpaired) electrons. The summed E-state index contributed by atoms with van der Waals surface area (Å²) in [5, 5.41) is 0. The highest BCUT2D eigenvalue weighted by Crippen LogP contribution is 2.27. The Hall–Kier alpha value is -2.08. The second-order valence-corrected chi connectivity index (χ2v) is 4.46. The molecule has 0 fully saturated rings. The van der Waals surface area contributed by atoms with E-state index in [9.17, 15) is 4.79 Å². The smallest absolute Gasteiger partial charge is 0.254 e. The van der Waals surface area contributed by atoms with Crippen LogP contribution in [0.4, 0.5) is 5.69 Å². The lowest BCUT2D eigenvalue weighted by molar-refractivity contribution is 0.0997. The van der Waals surface area contributed by atoms with Gasteiger partial charge in [0.05, 0.1) is 0 Å². The average molecular weight is 308 g/mol. The summed E-state index contributed by atoms with van der Waals surface area (Å²) in [5.41, 5.74) is 11.7. The summed E-state index contributed by atoms with van der Waals surface area (Å²) < 4.78 is 6.28. The zero-order valence-corrected chi connectivity index (χ0v) is 10.8. The van der Waals surface area contributed by atoms with E-state index in [0.29, 0.717) is 11.4 Å². The Morgan fingerprint density at radius 1 is 1.33 bits per heavy atom. The van der Waals surface area contributed by atoms with Crippen molar-refractivity contribution >= 4 is 27.5 Å². The maximum Gasteiger partial charge on any atom is 0.254 e. The highest BCUT2D eigenvalue weighted by molar-refractivity contribution is 9.10. The molecule has 0 bridgehead atoms. The van der Waals surface area contributed by atoms with Gasteiger partial charge in [0.15, 0.2) is 0 Å². The van der Waals surface area contributed by atoms with Gasteiger partial charge in [-0.1, -0.05) is 15.9 Å². The van der Waals surface area contributed by atoms with E-state index in [1.54, 1.807) is 30.3 Å². The van der Waals surface area contributed by atoms with Crippen molar-refractivity contribution in [3.05, 3.63) is 46.6 Å². The predicted octanol–water partition coefficient (Wildman–Crippen LogP) is 2.32. The van der Waals surface area contributed by atoms with Crippen LogP contribution in [-0.2, 0) is 0 Å². The molecule has 0 aliphatic carbocycles. The number of carbonyl (C=O) groups is 1. The Kier molecular flexibility index (Phi) is 3.47. The van der Waals surface area contributed by atoms with Crippen LogP contribution in [0.2, 0.25) is 0 Å². The van der Waals surface area contributed by atoms with Gasteiger partial charge in [0.2, 0.25) is 5.88 Å². The van der Waals surface area contributed by atoms with Crippen molar-refractivity contribution < 1.29 is 9.53 Å². The molecule has 2 rings (SSSR count). The van der Waals surface area contributed by atoms with Crippen LogP contribution in [0, 0.1) is 0 Å². The number of hydrogen-bond donors (Lipinski definition) is 2. The van der Waals surface area contributed by atoms with Crippen molar-refractivity contribution in [2.75, 3.05) is 5.73 Å². The maximum absolute atomic E-state index is 11.2. The second kappa shape index (κ2) is 5.05. The molecule has 1 amide bonds. The van der Waals surface area contributed by atoms with Crippen LogP contribution in [0.15, 0.2) is 41.0 Å². The lowest BCUT2D eigenvalue weighted by Gasteiger charge is -2.08. The number of carbonyl (C=O) groups excluding carboxylic acids is 1. The molecule has 0 saturated heterocycles. The summed E-state index contributed by atoms with van der Waals surface area (Å²) >= 11 is 3.30. The third kappa shape index (κ3) is 2.78. The fourth-order valence-electron chi connectivity index (χ4n) is 1.41. The van der Waals surface area contributed by atoms with Crippen LogP contribution >= 0.6 is 15.9 Å². The normalized spacial score (nSPS) is 10.1. The van der Waals surface area contributed by atoms with Gasteiger partial charge in [-0.3, -0.25) is 4.79 Å². The number of ether oxygens (including phenoxy) is 1. The summed E-state index contributed by atoms with van der Waals surface area (Å²) in [5.74, 6) is 0.0339. The number of halogens is 1. The second-order valence-electron chi connectivity index (χ2n) is 3.54. The van der Waals surface area contributed by atoms with E-state index in [0.717, 1.165) is 4.47 Å². The molecule has 2 aromatic rings. The largest absolute Gasteiger partial charge is 0.438 e. The van der Waals surface area contributed by atoms with Gasteiger partial charge in [0.25, 0.3) is 5.91 Å². The van der Waals surface area contributed by atoms with Crippen LogP contribution in [0.3, 0.4) is 0 Å². The Labute approximate surface area is 112 Å². The number of nitrogen functional groups attached to an aromatic ring is 1. The molecule has 92 valence electrons. The monoisotopic (exact) mass is 307 g/mol. The van der Waals surface area contributed by atoms with Gasteiger partial charge in [-0.15, -0.1) is 0 Å². The quantitative estimate of drug-likeness (QED) is 0.851. The van der Waals surface area contributed by atoms with Crippen LogP contribution < -0.4 is 16.2 Å². The van der Waals surface area contributed by atoms with Gasteiger partial charge in [-0.05, 0) is 24.3 Å². The van der Waals surface area contributed by atoms with Crippen LogP contribution in [0.1, 0.15) is 10.4 Å². The number of aromatic nitrogens is 1. The van der Waals surface area contributed by atoms with Crippen molar-refractivity contribution in [1.29, 1.82) is 0 Å². The molecule has 1 aromatic heterocycles. The molecule has 1 aromatic carbocycles. The zero-order valence-electron chi connectivity index (χ0n) is 9.26. The number of pyridine rings is 1. The third-order valence-electron chi connectivity index (χ3n) is 2.14. The summed E-state index contributed by atoms with van der Waals surface area (Å²) in [6, 6.07) is 8.24. The van der Waals surface area contributed by atoms with E-state index >= 15 is 0 Å². The molecule has 0 spiro atoms. The van der Waals surface area contributed by atoms with E-state index in [2.05, 4.69) is 20.9 Å². The molecule has 1 heterocycles. The molecular weight excluding hydrogens is 298 g/mol. The van der Waals surface area contributed by atoms with E-state index in [4.69, 9.17) is 16.2 Å². The van der Waals surface area contributed by atoms with Crippen LogP contribution in [0.25, 0.3) is 0 Å². The molecule has 0 atom stereocenters. The minimum Gasteiger partial charge on any atom is -0.438 e. The van der Waals surface area contributed by atoms with E-state index < -0.39 is 5.91 Å². The standard InChI is InChI=1S/C12H10BrN3O2/c13-7-4-8(14)6-9(5-7)18-12-10(11(15)17)2-1-3-16-12/h1-6H,14H2,(H2,15,17). The lowest BCUT2D eigenvalue weighted by Crippen LogP contribution is -2.12. The van der Waals surface area contributed by atoms with Crippen LogP contribution in [0.5, 0.6) is 11.6 Å². The molecule has 0 aliphatic heterocycles. The van der Waals surface area contributed by atoms with Gasteiger partial charge in [0.1, 0.15) is 11.3 Å². The molecule has 4 N–H and O–H groups in total. The molecular formula is C12H10BrN3O2. The summed E-state index contributed by atoms with van der Waals surface area (Å²) in [7, 11) is 0. The molecule has 5 nitrogen and oxygen atoms in total. The lowest BCUT2D eigenvalue weighted by atomic mass is 10.2. The molecule has 6 heteroatoms. The van der Waals surface area contributed by atoms with Crippen molar-refractivity contribution in [3.8, 4) is 11.6 Å². The Bertz CT molecular complexity index is 581. The minimum atomic E-state index is -0.596. The minimum absolute atomic E-state index is 0.155. The van der Waals surface area contributed by atoms with E-state index in [1.165, 1.54) is 6.20 Å². The summed E-state index contributed by atoms with van der Waals surface area (Å²) in [4.78, 5) is 15.2. The first-order chi connectivity index (χ1) is 8.56. The number of rotatable bonds is 3. The number of nitrogens with zero attached hydrogens (tertiary/aromatic N) is 1. The number of hydrogen-bond acceptors (Lipinski definition) is 4. The SMILES string of the molecule is NC(=O)c1cccnc1Oc1cc(N)cc(Br)c1. The predicted molar refractivity (Wildman–Crippen MR) is 71.4 cm³/mol. The maximum atomic E-state index is 11.2. The van der Waals surface area contributed by atoms with Gasteiger partial charge >= 0.3 is 0 Å². The van der Waals surface area contributed by atoms with Gasteiger partial charge in [-0.25, -0.2) is 4.98 Å². The van der Waals surface area contributed by atoms with Gasteiger partial charge in [-0.2, -0.15) is 0 Å². The molecule has 0 saturated carbocycles. The first-order valence-corrected chi connectivity index (χ1v) is 5.84. The van der Waals surface area contributed by atoms with Crippen LogP contribution in [-0.4, -0.2) is 10.9 Å². The summed E-state index contributed by atoms with van der Waals surface area (Å²) in [6.45, 7) is 0. The Morgan fingerprint density at radius 3 is 2.78 bits per heavy atom. The third-order valence-corrected chi connectivity index (χ3v) is 2.60. The highest BCUT2D eigenvalue weighted by Gasteiger charge is 2.11. The van der Waals surface area contributed by atoms with Crippen molar-refractivity contribution in [2.24, 2.45) is 5.73 Å². The fourth-order valence-corrected chi connectivity index (χ4v) is 1.90. The zero-order chi connectivity index (χ0) is 13.1. The number of benzene rings is 1. The Morgan fingerprint density at radius 2 is 2.11 bits per heavy atom.